The molecule has 0 bridgehead atoms. The molecule has 0 radical (unpaired) electrons. The standard InChI is InChI=1S/C14H13F3N4O2S/c1-7(2)10(22)18-9-5-3-4-8(6-9)11(23)19-13-21-20-12(24-13)14(15,16)17/h3-7H,1-2H3,(H,18,22)(H,19,21,23). The lowest BCUT2D eigenvalue weighted by Gasteiger charge is -2.09. The second kappa shape index (κ2) is 6.95. The Morgan fingerprint density at radius 3 is 2.46 bits per heavy atom. The number of amides is 2. The van der Waals surface area contributed by atoms with E-state index >= 15 is 0 Å². The molecule has 0 fully saturated rings. The molecule has 2 N–H and O–H groups in total. The number of aromatic nitrogens is 2. The molecule has 10 heteroatoms. The van der Waals surface area contributed by atoms with Gasteiger partial charge in [0.1, 0.15) is 0 Å². The molecule has 0 aliphatic heterocycles. The molecular weight excluding hydrogens is 345 g/mol. The number of nitrogens with zero attached hydrogens (tertiary/aromatic N) is 2. The average Bonchev–Trinajstić information content (AvgIpc) is 2.96. The summed E-state index contributed by atoms with van der Waals surface area (Å²) >= 11 is 0.233. The summed E-state index contributed by atoms with van der Waals surface area (Å²) in [5.41, 5.74) is 0.579. The fourth-order valence-electron chi connectivity index (χ4n) is 1.58. The number of benzene rings is 1. The Morgan fingerprint density at radius 1 is 1.17 bits per heavy atom. The van der Waals surface area contributed by atoms with Crippen LogP contribution in [0.5, 0.6) is 0 Å². The molecule has 24 heavy (non-hydrogen) atoms. The topological polar surface area (TPSA) is 84.0 Å². The quantitative estimate of drug-likeness (QED) is 0.877. The van der Waals surface area contributed by atoms with Gasteiger partial charge in [0.15, 0.2) is 0 Å². The summed E-state index contributed by atoms with van der Waals surface area (Å²) in [5.74, 6) is -1.10. The summed E-state index contributed by atoms with van der Waals surface area (Å²) < 4.78 is 37.4. The highest BCUT2D eigenvalue weighted by molar-refractivity contribution is 7.15. The molecule has 0 aliphatic carbocycles. The molecule has 0 saturated carbocycles. The third kappa shape index (κ3) is 4.51. The Bertz CT molecular complexity index is 758. The number of hydrogen-bond donors (Lipinski definition) is 2. The average molecular weight is 358 g/mol. The molecule has 0 spiro atoms. The number of rotatable bonds is 4. The lowest BCUT2D eigenvalue weighted by molar-refractivity contribution is -0.138. The van der Waals surface area contributed by atoms with Crippen LogP contribution >= 0.6 is 11.3 Å². The molecule has 2 aromatic rings. The number of carbonyl (C=O) groups excluding carboxylic acids is 2. The van der Waals surface area contributed by atoms with Gasteiger partial charge >= 0.3 is 6.18 Å². The highest BCUT2D eigenvalue weighted by Gasteiger charge is 2.35. The van der Waals surface area contributed by atoms with Gasteiger partial charge in [-0.15, -0.1) is 10.2 Å². The van der Waals surface area contributed by atoms with E-state index < -0.39 is 17.1 Å². The van der Waals surface area contributed by atoms with Crippen LogP contribution in [0.4, 0.5) is 24.0 Å². The van der Waals surface area contributed by atoms with E-state index in [1.807, 2.05) is 0 Å². The number of hydrogen-bond acceptors (Lipinski definition) is 5. The molecule has 0 atom stereocenters. The maximum atomic E-state index is 12.5. The molecule has 1 aromatic heterocycles. The highest BCUT2D eigenvalue weighted by atomic mass is 32.1. The van der Waals surface area contributed by atoms with Crippen LogP contribution in [0.25, 0.3) is 0 Å². The van der Waals surface area contributed by atoms with Crippen LogP contribution in [0.15, 0.2) is 24.3 Å². The van der Waals surface area contributed by atoms with E-state index in [9.17, 15) is 22.8 Å². The largest absolute Gasteiger partial charge is 0.445 e. The van der Waals surface area contributed by atoms with Crippen molar-refractivity contribution in [2.24, 2.45) is 5.92 Å². The molecule has 6 nitrogen and oxygen atoms in total. The van der Waals surface area contributed by atoms with E-state index in [4.69, 9.17) is 0 Å². The van der Waals surface area contributed by atoms with Gasteiger partial charge in [-0.25, -0.2) is 0 Å². The van der Waals surface area contributed by atoms with Crippen LogP contribution in [0, 0.1) is 5.92 Å². The van der Waals surface area contributed by atoms with Crippen molar-refractivity contribution in [3.8, 4) is 0 Å². The van der Waals surface area contributed by atoms with Crippen molar-refractivity contribution in [1.29, 1.82) is 0 Å². The summed E-state index contributed by atoms with van der Waals surface area (Å²) in [6.45, 7) is 3.44. The van der Waals surface area contributed by atoms with Crippen molar-refractivity contribution < 1.29 is 22.8 Å². The van der Waals surface area contributed by atoms with Crippen LogP contribution in [0.1, 0.15) is 29.2 Å². The SMILES string of the molecule is CC(C)C(=O)Nc1cccc(C(=O)Nc2nnc(C(F)(F)F)s2)c1. The zero-order valence-corrected chi connectivity index (χ0v) is 13.5. The van der Waals surface area contributed by atoms with E-state index in [-0.39, 0.29) is 33.9 Å². The highest BCUT2D eigenvalue weighted by Crippen LogP contribution is 2.33. The predicted molar refractivity (Wildman–Crippen MR) is 82.8 cm³/mol. The Kier molecular flexibility index (Phi) is 5.17. The molecular formula is C14H13F3N4O2S. The number of anilines is 2. The summed E-state index contributed by atoms with van der Waals surface area (Å²) in [7, 11) is 0. The Labute approximate surface area is 139 Å². The van der Waals surface area contributed by atoms with Gasteiger partial charge in [-0.05, 0) is 18.2 Å². The van der Waals surface area contributed by atoms with Gasteiger partial charge in [0.25, 0.3) is 5.91 Å². The lowest BCUT2D eigenvalue weighted by Crippen LogP contribution is -2.18. The predicted octanol–water partition coefficient (Wildman–Crippen LogP) is 3.40. The van der Waals surface area contributed by atoms with Gasteiger partial charge in [-0.1, -0.05) is 31.3 Å². The first-order valence-electron chi connectivity index (χ1n) is 6.80. The zero-order chi connectivity index (χ0) is 17.9. The monoisotopic (exact) mass is 358 g/mol. The van der Waals surface area contributed by atoms with Crippen LogP contribution in [-0.2, 0) is 11.0 Å². The van der Waals surface area contributed by atoms with E-state index in [0.717, 1.165) is 0 Å². The molecule has 0 unspecified atom stereocenters. The molecule has 128 valence electrons. The van der Waals surface area contributed by atoms with Gasteiger partial charge in [0.2, 0.25) is 16.0 Å². The number of halogens is 3. The third-order valence-corrected chi connectivity index (χ3v) is 3.69. The lowest BCUT2D eigenvalue weighted by atomic mass is 10.1. The van der Waals surface area contributed by atoms with Crippen molar-refractivity contribution in [2.75, 3.05) is 10.6 Å². The van der Waals surface area contributed by atoms with Crippen LogP contribution in [0.3, 0.4) is 0 Å². The first-order valence-corrected chi connectivity index (χ1v) is 7.61. The number of carbonyl (C=O) groups is 2. The molecule has 1 aromatic carbocycles. The molecule has 0 saturated heterocycles. The Morgan fingerprint density at radius 2 is 1.88 bits per heavy atom. The Balaban J connectivity index is 2.10. The van der Waals surface area contributed by atoms with Gasteiger partial charge in [-0.2, -0.15) is 13.2 Å². The Hall–Kier alpha value is -2.49. The van der Waals surface area contributed by atoms with Crippen molar-refractivity contribution in [3.05, 3.63) is 34.8 Å². The van der Waals surface area contributed by atoms with Crippen molar-refractivity contribution in [3.63, 3.8) is 0 Å². The fourth-order valence-corrected chi connectivity index (χ4v) is 2.19. The van der Waals surface area contributed by atoms with E-state index in [1.54, 1.807) is 26.0 Å². The summed E-state index contributed by atoms with van der Waals surface area (Å²) in [4.78, 5) is 23.7. The zero-order valence-electron chi connectivity index (χ0n) is 12.6. The first kappa shape index (κ1) is 17.9. The number of alkyl halides is 3. The molecule has 2 amide bonds. The minimum Gasteiger partial charge on any atom is -0.326 e. The minimum atomic E-state index is -4.61. The van der Waals surface area contributed by atoms with Gasteiger partial charge < -0.3 is 5.32 Å². The summed E-state index contributed by atoms with van der Waals surface area (Å²) in [6, 6.07) is 6.03. The van der Waals surface area contributed by atoms with Crippen molar-refractivity contribution in [1.82, 2.24) is 10.2 Å². The van der Waals surface area contributed by atoms with Crippen molar-refractivity contribution >= 4 is 34.0 Å². The second-order valence-corrected chi connectivity index (χ2v) is 6.07. The molecule has 2 rings (SSSR count). The normalized spacial score (nSPS) is 11.4. The maximum absolute atomic E-state index is 12.5. The first-order chi connectivity index (χ1) is 11.2. The third-order valence-electron chi connectivity index (χ3n) is 2.80. The minimum absolute atomic E-state index is 0.167. The number of nitrogens with one attached hydrogen (secondary N) is 2. The molecule has 1 heterocycles. The van der Waals surface area contributed by atoms with E-state index in [2.05, 4.69) is 20.8 Å². The maximum Gasteiger partial charge on any atom is 0.445 e. The van der Waals surface area contributed by atoms with Gasteiger partial charge in [0, 0.05) is 17.2 Å². The van der Waals surface area contributed by atoms with Crippen LogP contribution in [0.2, 0.25) is 0 Å². The van der Waals surface area contributed by atoms with Crippen molar-refractivity contribution in [2.45, 2.75) is 20.0 Å². The van der Waals surface area contributed by atoms with Gasteiger partial charge in [-0.3, -0.25) is 14.9 Å². The van der Waals surface area contributed by atoms with Gasteiger partial charge in [0.05, 0.1) is 0 Å². The van der Waals surface area contributed by atoms with Crippen LogP contribution < -0.4 is 10.6 Å². The second-order valence-electron chi connectivity index (χ2n) is 5.09. The van der Waals surface area contributed by atoms with Crippen LogP contribution in [-0.4, -0.2) is 22.0 Å². The van der Waals surface area contributed by atoms with E-state index in [0.29, 0.717) is 5.69 Å². The van der Waals surface area contributed by atoms with E-state index in [1.165, 1.54) is 12.1 Å². The fraction of sp³-hybridized carbons (Fsp3) is 0.286. The smallest absolute Gasteiger partial charge is 0.326 e. The summed E-state index contributed by atoms with van der Waals surface area (Å²) in [6.07, 6.45) is -4.61. The summed E-state index contributed by atoms with van der Waals surface area (Å²) in [5, 5.41) is 9.75. The molecule has 0 aliphatic rings.